The zero-order valence-electron chi connectivity index (χ0n) is 13.7. The van der Waals surface area contributed by atoms with Gasteiger partial charge in [0.25, 0.3) is 6.47 Å². The minimum Gasteiger partial charge on any atom is -0.497 e. The topological polar surface area (TPSA) is 35.5 Å². The van der Waals surface area contributed by atoms with Gasteiger partial charge in [0, 0.05) is 0 Å². The quantitative estimate of drug-likeness (QED) is 0.483. The molecular formula is C22H16O3. The van der Waals surface area contributed by atoms with Crippen molar-refractivity contribution in [3.63, 3.8) is 0 Å². The first-order chi connectivity index (χ1) is 12.3. The molecule has 4 aromatic rings. The normalized spacial score (nSPS) is 10.8. The lowest BCUT2D eigenvalue weighted by molar-refractivity contribution is -0.120. The van der Waals surface area contributed by atoms with E-state index in [2.05, 4.69) is 42.5 Å². The van der Waals surface area contributed by atoms with Crippen LogP contribution in [0.15, 0.2) is 72.8 Å². The van der Waals surface area contributed by atoms with Gasteiger partial charge in [0.1, 0.15) is 11.5 Å². The smallest absolute Gasteiger partial charge is 0.298 e. The third-order valence-corrected chi connectivity index (χ3v) is 4.42. The molecule has 0 aliphatic rings. The van der Waals surface area contributed by atoms with Gasteiger partial charge >= 0.3 is 0 Å². The second kappa shape index (κ2) is 6.29. The summed E-state index contributed by atoms with van der Waals surface area (Å²) in [4.78, 5) is 10.7. The fourth-order valence-corrected chi connectivity index (χ4v) is 3.23. The molecule has 0 aliphatic heterocycles. The molecule has 0 unspecified atom stereocenters. The van der Waals surface area contributed by atoms with Crippen molar-refractivity contribution in [1.29, 1.82) is 0 Å². The first kappa shape index (κ1) is 15.2. The summed E-state index contributed by atoms with van der Waals surface area (Å²) in [6, 6.07) is 24.1. The molecule has 0 amide bonds. The second-order valence-corrected chi connectivity index (χ2v) is 5.80. The van der Waals surface area contributed by atoms with Gasteiger partial charge in [-0.2, -0.15) is 0 Å². The number of fused-ring (bicyclic) bond motifs is 2. The molecule has 3 heteroatoms. The summed E-state index contributed by atoms with van der Waals surface area (Å²) in [5.74, 6) is 1.36. The average Bonchev–Trinajstić information content (AvgIpc) is 2.67. The Labute approximate surface area is 145 Å². The van der Waals surface area contributed by atoms with Gasteiger partial charge in [0.15, 0.2) is 0 Å². The maximum absolute atomic E-state index is 10.7. The van der Waals surface area contributed by atoms with Crippen LogP contribution in [0.1, 0.15) is 0 Å². The van der Waals surface area contributed by atoms with E-state index in [0.29, 0.717) is 12.2 Å². The van der Waals surface area contributed by atoms with Crippen LogP contribution < -0.4 is 9.47 Å². The van der Waals surface area contributed by atoms with Crippen LogP contribution in [-0.2, 0) is 4.79 Å². The van der Waals surface area contributed by atoms with Crippen LogP contribution in [0.4, 0.5) is 0 Å². The van der Waals surface area contributed by atoms with Crippen molar-refractivity contribution in [3.8, 4) is 22.6 Å². The minimum absolute atomic E-state index is 0.451. The number of carbonyl (C=O) groups is 1. The zero-order valence-corrected chi connectivity index (χ0v) is 13.7. The van der Waals surface area contributed by atoms with Gasteiger partial charge in [0.2, 0.25) is 0 Å². The lowest BCUT2D eigenvalue weighted by atomic mass is 9.94. The monoisotopic (exact) mass is 328 g/mol. The summed E-state index contributed by atoms with van der Waals surface area (Å²) in [5.41, 5.74) is 2.21. The van der Waals surface area contributed by atoms with E-state index in [1.165, 1.54) is 0 Å². The number of ether oxygens (including phenoxy) is 2. The molecule has 0 saturated heterocycles. The number of carbonyl (C=O) groups excluding carboxylic acids is 1. The average molecular weight is 328 g/mol. The van der Waals surface area contributed by atoms with Crippen molar-refractivity contribution in [2.24, 2.45) is 0 Å². The highest BCUT2D eigenvalue weighted by Gasteiger charge is 2.09. The predicted octanol–water partition coefficient (Wildman–Crippen LogP) is 5.20. The molecule has 0 heterocycles. The van der Waals surface area contributed by atoms with Crippen molar-refractivity contribution in [2.45, 2.75) is 0 Å². The fourth-order valence-electron chi connectivity index (χ4n) is 3.23. The SMILES string of the molecule is COc1ccc2cccc(-c3cccc4ccc(OC=O)cc34)c2c1. The molecule has 0 atom stereocenters. The number of hydrogen-bond acceptors (Lipinski definition) is 3. The summed E-state index contributed by atoms with van der Waals surface area (Å²) in [6.07, 6.45) is 0. The van der Waals surface area contributed by atoms with Crippen molar-refractivity contribution in [3.05, 3.63) is 72.8 Å². The van der Waals surface area contributed by atoms with Gasteiger partial charge in [-0.25, -0.2) is 0 Å². The highest BCUT2D eigenvalue weighted by Crippen LogP contribution is 2.36. The van der Waals surface area contributed by atoms with E-state index >= 15 is 0 Å². The van der Waals surface area contributed by atoms with Gasteiger partial charge in [-0.1, -0.05) is 48.5 Å². The Morgan fingerprint density at radius 1 is 0.720 bits per heavy atom. The molecule has 0 spiro atoms. The summed E-state index contributed by atoms with van der Waals surface area (Å²) in [6.45, 7) is 0.451. The van der Waals surface area contributed by atoms with E-state index in [1.54, 1.807) is 13.2 Å². The van der Waals surface area contributed by atoms with Crippen LogP contribution >= 0.6 is 0 Å². The van der Waals surface area contributed by atoms with Crippen molar-refractivity contribution >= 4 is 28.0 Å². The molecular weight excluding hydrogens is 312 g/mol. The molecule has 0 radical (unpaired) electrons. The first-order valence-corrected chi connectivity index (χ1v) is 8.00. The molecule has 25 heavy (non-hydrogen) atoms. The van der Waals surface area contributed by atoms with Crippen molar-refractivity contribution in [2.75, 3.05) is 7.11 Å². The Morgan fingerprint density at radius 3 is 1.84 bits per heavy atom. The number of methoxy groups -OCH3 is 1. The van der Waals surface area contributed by atoms with Gasteiger partial charge in [-0.3, -0.25) is 4.79 Å². The van der Waals surface area contributed by atoms with Crippen LogP contribution in [0.25, 0.3) is 32.7 Å². The summed E-state index contributed by atoms with van der Waals surface area (Å²) in [5, 5.41) is 4.40. The Morgan fingerprint density at radius 2 is 1.28 bits per heavy atom. The Kier molecular flexibility index (Phi) is 3.82. The lowest BCUT2D eigenvalue weighted by Gasteiger charge is -2.12. The third-order valence-electron chi connectivity index (χ3n) is 4.42. The van der Waals surface area contributed by atoms with Crippen LogP contribution in [0.5, 0.6) is 11.5 Å². The maximum Gasteiger partial charge on any atom is 0.298 e. The lowest BCUT2D eigenvalue weighted by Crippen LogP contribution is -1.90. The number of hydrogen-bond donors (Lipinski definition) is 0. The number of benzene rings is 4. The van der Waals surface area contributed by atoms with Crippen LogP contribution in [0.3, 0.4) is 0 Å². The fraction of sp³-hybridized carbons (Fsp3) is 0.0455. The summed E-state index contributed by atoms with van der Waals surface area (Å²) in [7, 11) is 1.67. The molecule has 3 nitrogen and oxygen atoms in total. The molecule has 0 fully saturated rings. The van der Waals surface area contributed by atoms with E-state index in [4.69, 9.17) is 9.47 Å². The van der Waals surface area contributed by atoms with Crippen molar-refractivity contribution in [1.82, 2.24) is 0 Å². The van der Waals surface area contributed by atoms with Crippen molar-refractivity contribution < 1.29 is 14.3 Å². The molecule has 0 aliphatic carbocycles. The molecule has 4 aromatic carbocycles. The van der Waals surface area contributed by atoms with Gasteiger partial charge in [-0.15, -0.1) is 0 Å². The molecule has 0 aromatic heterocycles. The standard InChI is InChI=1S/C22H16O3/c1-24-17-10-8-15-4-2-6-19(21(15)12-17)20-7-3-5-16-9-11-18(25-14-23)13-22(16)20/h2-14H,1H3. The van der Waals surface area contributed by atoms with E-state index in [0.717, 1.165) is 38.4 Å². The van der Waals surface area contributed by atoms with Crippen LogP contribution in [0, 0.1) is 0 Å². The van der Waals surface area contributed by atoms with E-state index < -0.39 is 0 Å². The predicted molar refractivity (Wildman–Crippen MR) is 100 cm³/mol. The summed E-state index contributed by atoms with van der Waals surface area (Å²) < 4.78 is 10.4. The zero-order chi connectivity index (χ0) is 17.2. The highest BCUT2D eigenvalue weighted by molar-refractivity contribution is 6.06. The maximum atomic E-state index is 10.7. The minimum atomic E-state index is 0.451. The van der Waals surface area contributed by atoms with E-state index in [9.17, 15) is 4.79 Å². The van der Waals surface area contributed by atoms with Gasteiger partial charge in [0.05, 0.1) is 7.11 Å². The Hall–Kier alpha value is -3.33. The highest BCUT2D eigenvalue weighted by atomic mass is 16.5. The van der Waals surface area contributed by atoms with E-state index in [-0.39, 0.29) is 0 Å². The van der Waals surface area contributed by atoms with Gasteiger partial charge in [-0.05, 0) is 56.9 Å². The van der Waals surface area contributed by atoms with Crippen LogP contribution in [0.2, 0.25) is 0 Å². The van der Waals surface area contributed by atoms with E-state index in [1.807, 2.05) is 24.3 Å². The number of rotatable bonds is 4. The molecule has 4 rings (SSSR count). The molecule has 0 saturated carbocycles. The Balaban J connectivity index is 2.02. The summed E-state index contributed by atoms with van der Waals surface area (Å²) >= 11 is 0. The largest absolute Gasteiger partial charge is 0.497 e. The first-order valence-electron chi connectivity index (χ1n) is 8.00. The Bertz CT molecular complexity index is 1080. The molecule has 122 valence electrons. The third kappa shape index (κ3) is 2.70. The molecule has 0 bridgehead atoms. The second-order valence-electron chi connectivity index (χ2n) is 5.80. The van der Waals surface area contributed by atoms with Gasteiger partial charge < -0.3 is 9.47 Å². The van der Waals surface area contributed by atoms with Crippen LogP contribution in [-0.4, -0.2) is 13.6 Å². The molecule has 0 N–H and O–H groups in total.